The molecule has 0 saturated carbocycles. The topological polar surface area (TPSA) is 33.5 Å². The second-order valence-corrected chi connectivity index (χ2v) is 9.53. The number of aromatic nitrogens is 2. The Morgan fingerprint density at radius 1 is 1.12 bits per heavy atom. The van der Waals surface area contributed by atoms with Gasteiger partial charge in [-0.1, -0.05) is 30.3 Å². The molecule has 5 nitrogen and oxygen atoms in total. The van der Waals surface area contributed by atoms with Crippen LogP contribution < -0.4 is 4.74 Å². The summed E-state index contributed by atoms with van der Waals surface area (Å²) in [4.78, 5) is 5.15. The van der Waals surface area contributed by atoms with E-state index in [9.17, 15) is 0 Å². The van der Waals surface area contributed by atoms with Crippen molar-refractivity contribution in [3.05, 3.63) is 83.2 Å². The van der Waals surface area contributed by atoms with Crippen LogP contribution in [0.2, 0.25) is 0 Å². The third-order valence-corrected chi connectivity index (χ3v) is 6.82. The van der Waals surface area contributed by atoms with Crippen molar-refractivity contribution in [2.75, 3.05) is 40.3 Å². The molecular formula is C28H38N4O. The maximum absolute atomic E-state index is 5.59. The maximum atomic E-state index is 5.59. The number of benzene rings is 2. The normalized spacial score (nSPS) is 16.9. The minimum absolute atomic E-state index is 0.728. The molecule has 0 unspecified atom stereocenters. The SMILES string of the molecule is COc1ccc(CN(C)C[C@H]2CCCN(CCc3ccccc3C)C2)cc1Cn1cccn1. The van der Waals surface area contributed by atoms with Crippen molar-refractivity contribution in [1.82, 2.24) is 19.6 Å². The van der Waals surface area contributed by atoms with Crippen molar-refractivity contribution >= 4 is 0 Å². The zero-order valence-electron chi connectivity index (χ0n) is 20.4. The largest absolute Gasteiger partial charge is 0.496 e. The van der Waals surface area contributed by atoms with E-state index < -0.39 is 0 Å². The fraction of sp³-hybridized carbons (Fsp3) is 0.464. The molecule has 4 rings (SSSR count). The third kappa shape index (κ3) is 6.68. The molecule has 0 spiro atoms. The second kappa shape index (κ2) is 11.5. The van der Waals surface area contributed by atoms with Crippen molar-refractivity contribution in [3.63, 3.8) is 0 Å². The van der Waals surface area contributed by atoms with Gasteiger partial charge in [-0.2, -0.15) is 5.10 Å². The molecule has 1 saturated heterocycles. The molecular weight excluding hydrogens is 408 g/mol. The predicted octanol–water partition coefficient (Wildman–Crippen LogP) is 4.63. The molecule has 1 aliphatic heterocycles. The zero-order chi connectivity index (χ0) is 23.0. The van der Waals surface area contributed by atoms with Gasteiger partial charge in [-0.05, 0) is 80.6 Å². The van der Waals surface area contributed by atoms with Crippen LogP contribution in [0.4, 0.5) is 0 Å². The molecule has 176 valence electrons. The Labute approximate surface area is 199 Å². The molecule has 1 aromatic heterocycles. The van der Waals surface area contributed by atoms with Gasteiger partial charge in [0.1, 0.15) is 5.75 Å². The van der Waals surface area contributed by atoms with E-state index in [1.54, 1.807) is 7.11 Å². The molecule has 0 N–H and O–H groups in total. The van der Waals surface area contributed by atoms with Crippen LogP contribution in [0.3, 0.4) is 0 Å². The number of piperidine rings is 1. The highest BCUT2D eigenvalue weighted by molar-refractivity contribution is 5.37. The lowest BCUT2D eigenvalue weighted by Crippen LogP contribution is -2.40. The molecule has 1 atom stereocenters. The first-order valence-electron chi connectivity index (χ1n) is 12.2. The summed E-state index contributed by atoms with van der Waals surface area (Å²) < 4.78 is 7.53. The van der Waals surface area contributed by atoms with E-state index in [2.05, 4.69) is 71.3 Å². The third-order valence-electron chi connectivity index (χ3n) is 6.82. The molecule has 1 aliphatic rings. The molecule has 2 aromatic carbocycles. The van der Waals surface area contributed by atoms with E-state index in [0.717, 1.165) is 37.7 Å². The molecule has 3 aromatic rings. The Bertz CT molecular complexity index is 1000. The van der Waals surface area contributed by atoms with Crippen molar-refractivity contribution < 1.29 is 4.74 Å². The van der Waals surface area contributed by atoms with E-state index in [-0.39, 0.29) is 0 Å². The zero-order valence-corrected chi connectivity index (χ0v) is 20.4. The molecule has 2 heterocycles. The molecule has 0 aliphatic carbocycles. The summed E-state index contributed by atoms with van der Waals surface area (Å²) in [5.74, 6) is 1.66. The summed E-state index contributed by atoms with van der Waals surface area (Å²) in [6.45, 7) is 8.66. The fourth-order valence-electron chi connectivity index (χ4n) is 5.11. The minimum atomic E-state index is 0.728. The first kappa shape index (κ1) is 23.5. The Morgan fingerprint density at radius 2 is 2.00 bits per heavy atom. The van der Waals surface area contributed by atoms with Crippen LogP contribution in [-0.4, -0.2) is 59.9 Å². The number of likely N-dealkylation sites (tertiary alicyclic amines) is 1. The summed E-state index contributed by atoms with van der Waals surface area (Å²) >= 11 is 0. The quantitative estimate of drug-likeness (QED) is 0.455. The van der Waals surface area contributed by atoms with Crippen LogP contribution in [0.1, 0.15) is 35.1 Å². The first-order chi connectivity index (χ1) is 16.1. The highest BCUT2D eigenvalue weighted by Crippen LogP contribution is 2.23. The Morgan fingerprint density at radius 3 is 2.79 bits per heavy atom. The van der Waals surface area contributed by atoms with Gasteiger partial charge in [-0.3, -0.25) is 4.68 Å². The molecule has 1 fully saturated rings. The van der Waals surface area contributed by atoms with E-state index in [1.807, 2.05) is 23.1 Å². The number of ether oxygens (including phenoxy) is 1. The second-order valence-electron chi connectivity index (χ2n) is 9.53. The monoisotopic (exact) mass is 446 g/mol. The Hall–Kier alpha value is -2.63. The van der Waals surface area contributed by atoms with Gasteiger partial charge >= 0.3 is 0 Å². The van der Waals surface area contributed by atoms with Crippen LogP contribution in [-0.2, 0) is 19.5 Å². The number of rotatable bonds is 10. The lowest BCUT2D eigenvalue weighted by molar-refractivity contribution is 0.142. The van der Waals surface area contributed by atoms with E-state index in [4.69, 9.17) is 4.74 Å². The van der Waals surface area contributed by atoms with Crippen molar-refractivity contribution in [3.8, 4) is 5.75 Å². The number of methoxy groups -OCH3 is 1. The molecule has 0 bridgehead atoms. The predicted molar refractivity (Wildman–Crippen MR) is 135 cm³/mol. The molecule has 33 heavy (non-hydrogen) atoms. The summed E-state index contributed by atoms with van der Waals surface area (Å²) in [6, 6.07) is 17.3. The Balaban J connectivity index is 1.30. The summed E-state index contributed by atoms with van der Waals surface area (Å²) in [6.07, 6.45) is 7.60. The summed E-state index contributed by atoms with van der Waals surface area (Å²) in [5, 5.41) is 4.35. The fourth-order valence-corrected chi connectivity index (χ4v) is 5.11. The number of aryl methyl sites for hydroxylation is 1. The first-order valence-corrected chi connectivity index (χ1v) is 12.2. The van der Waals surface area contributed by atoms with Crippen molar-refractivity contribution in [2.45, 2.75) is 39.3 Å². The van der Waals surface area contributed by atoms with Gasteiger partial charge in [0, 0.05) is 44.1 Å². The highest BCUT2D eigenvalue weighted by atomic mass is 16.5. The average molecular weight is 447 g/mol. The molecule has 0 radical (unpaired) electrons. The van der Waals surface area contributed by atoms with E-state index in [1.165, 1.54) is 54.7 Å². The van der Waals surface area contributed by atoms with Gasteiger partial charge in [-0.15, -0.1) is 0 Å². The van der Waals surface area contributed by atoms with Crippen molar-refractivity contribution in [1.29, 1.82) is 0 Å². The number of hydrogen-bond donors (Lipinski definition) is 0. The number of nitrogens with zero attached hydrogens (tertiary/aromatic N) is 4. The summed E-state index contributed by atoms with van der Waals surface area (Å²) in [7, 11) is 3.99. The van der Waals surface area contributed by atoms with Crippen LogP contribution in [0.25, 0.3) is 0 Å². The van der Waals surface area contributed by atoms with Gasteiger partial charge in [0.2, 0.25) is 0 Å². The van der Waals surface area contributed by atoms with Crippen LogP contribution in [0, 0.1) is 12.8 Å². The highest BCUT2D eigenvalue weighted by Gasteiger charge is 2.21. The van der Waals surface area contributed by atoms with Crippen molar-refractivity contribution in [2.24, 2.45) is 5.92 Å². The smallest absolute Gasteiger partial charge is 0.123 e. The van der Waals surface area contributed by atoms with Crippen LogP contribution >= 0.6 is 0 Å². The minimum Gasteiger partial charge on any atom is -0.496 e. The van der Waals surface area contributed by atoms with Gasteiger partial charge in [0.15, 0.2) is 0 Å². The standard InChI is InChI=1S/C28H38N4O/c1-23-8-4-5-10-26(23)13-17-31-15-6-9-25(21-31)20-30(2)19-24-11-12-28(33-3)27(18-24)22-32-16-7-14-29-32/h4-5,7-8,10-12,14,16,18,25H,6,9,13,15,17,19-22H2,1-3H3/t25-/m1/s1. The van der Waals surface area contributed by atoms with Gasteiger partial charge in [-0.25, -0.2) is 0 Å². The van der Waals surface area contributed by atoms with E-state index in [0.29, 0.717) is 0 Å². The summed E-state index contributed by atoms with van der Waals surface area (Å²) in [5.41, 5.74) is 5.40. The van der Waals surface area contributed by atoms with E-state index >= 15 is 0 Å². The van der Waals surface area contributed by atoms with Crippen LogP contribution in [0.15, 0.2) is 60.9 Å². The maximum Gasteiger partial charge on any atom is 0.123 e. The Kier molecular flexibility index (Phi) is 8.19. The van der Waals surface area contributed by atoms with Gasteiger partial charge in [0.25, 0.3) is 0 Å². The lowest BCUT2D eigenvalue weighted by Gasteiger charge is -2.35. The lowest BCUT2D eigenvalue weighted by atomic mass is 9.96. The van der Waals surface area contributed by atoms with Gasteiger partial charge in [0.05, 0.1) is 13.7 Å². The average Bonchev–Trinajstić information content (AvgIpc) is 3.32. The molecule has 5 heteroatoms. The van der Waals surface area contributed by atoms with Crippen LogP contribution in [0.5, 0.6) is 5.75 Å². The number of hydrogen-bond acceptors (Lipinski definition) is 4. The van der Waals surface area contributed by atoms with Gasteiger partial charge < -0.3 is 14.5 Å². The molecule has 0 amide bonds.